The molecule has 1 aliphatic carbocycles. The first kappa shape index (κ1) is 17.2. The van der Waals surface area contributed by atoms with Gasteiger partial charge in [0.25, 0.3) is 0 Å². The molecule has 0 saturated heterocycles. The van der Waals surface area contributed by atoms with E-state index in [-0.39, 0.29) is 5.91 Å². The number of aryl methyl sites for hydroxylation is 1. The van der Waals surface area contributed by atoms with Crippen molar-refractivity contribution in [1.82, 2.24) is 0 Å². The molecule has 25 heavy (non-hydrogen) atoms. The Hall–Kier alpha value is -2.62. The monoisotopic (exact) mass is 337 g/mol. The van der Waals surface area contributed by atoms with Gasteiger partial charge in [0.1, 0.15) is 0 Å². The van der Waals surface area contributed by atoms with Crippen molar-refractivity contribution in [3.63, 3.8) is 0 Å². The average Bonchev–Trinajstić information content (AvgIpc) is 3.38. The summed E-state index contributed by atoms with van der Waals surface area (Å²) in [6, 6.07) is 15.6. The number of carboxylic acids is 1. The molecule has 1 atom stereocenters. The van der Waals surface area contributed by atoms with E-state index in [0.29, 0.717) is 6.42 Å². The van der Waals surface area contributed by atoms with Gasteiger partial charge in [-0.2, -0.15) is 0 Å². The number of anilines is 1. The zero-order valence-corrected chi connectivity index (χ0v) is 14.6. The largest absolute Gasteiger partial charge is 0.481 e. The summed E-state index contributed by atoms with van der Waals surface area (Å²) in [5.74, 6) is -1.19. The number of nitrogens with one attached hydrogen (secondary N) is 1. The summed E-state index contributed by atoms with van der Waals surface area (Å²) >= 11 is 0. The minimum atomic E-state index is -0.800. The minimum Gasteiger partial charge on any atom is -0.481 e. The normalized spacial score (nSPS) is 16.1. The summed E-state index contributed by atoms with van der Waals surface area (Å²) in [6.45, 7) is 3.73. The number of hydrogen-bond donors (Lipinski definition) is 2. The van der Waals surface area contributed by atoms with E-state index in [9.17, 15) is 9.59 Å². The first-order valence-electron chi connectivity index (χ1n) is 8.61. The molecule has 4 heteroatoms. The third-order valence-corrected chi connectivity index (χ3v) is 4.93. The molecule has 1 saturated carbocycles. The van der Waals surface area contributed by atoms with Crippen LogP contribution in [0.2, 0.25) is 0 Å². The van der Waals surface area contributed by atoms with Crippen molar-refractivity contribution in [3.05, 3.63) is 65.2 Å². The number of hydrogen-bond acceptors (Lipinski definition) is 2. The molecule has 1 unspecified atom stereocenters. The number of benzene rings is 2. The van der Waals surface area contributed by atoms with Crippen LogP contribution < -0.4 is 5.32 Å². The van der Waals surface area contributed by atoms with Gasteiger partial charge in [-0.25, -0.2) is 0 Å². The maximum absolute atomic E-state index is 12.8. The van der Waals surface area contributed by atoms with Crippen LogP contribution in [0.4, 0.5) is 5.69 Å². The Kier molecular flexibility index (Phi) is 4.62. The smallest absolute Gasteiger partial charge is 0.306 e. The lowest BCUT2D eigenvalue weighted by atomic mass is 9.93. The number of rotatable bonds is 6. The van der Waals surface area contributed by atoms with E-state index >= 15 is 0 Å². The summed E-state index contributed by atoms with van der Waals surface area (Å²) in [7, 11) is 0. The van der Waals surface area contributed by atoms with E-state index < -0.39 is 17.3 Å². The Labute approximate surface area is 147 Å². The number of carboxylic acid groups (broad SMARTS) is 1. The molecule has 0 bridgehead atoms. The predicted octanol–water partition coefficient (Wildman–Crippen LogP) is 3.93. The molecule has 1 amide bonds. The van der Waals surface area contributed by atoms with Crippen molar-refractivity contribution in [1.29, 1.82) is 0 Å². The summed E-state index contributed by atoms with van der Waals surface area (Å²) in [4.78, 5) is 23.7. The molecular weight excluding hydrogens is 314 g/mol. The van der Waals surface area contributed by atoms with Gasteiger partial charge in [-0.1, -0.05) is 48.9 Å². The SMILES string of the molecule is Cc1cccc(C2(C(=O)Nc3ccc(CC(C)C(=O)O)cc3)CC2)c1. The number of carbonyl (C=O) groups excluding carboxylic acids is 1. The van der Waals surface area contributed by atoms with E-state index in [1.807, 2.05) is 49.4 Å². The molecule has 3 rings (SSSR count). The molecule has 2 N–H and O–H groups in total. The molecule has 2 aromatic rings. The molecule has 0 radical (unpaired) electrons. The predicted molar refractivity (Wildman–Crippen MR) is 97.7 cm³/mol. The second-order valence-corrected chi connectivity index (χ2v) is 7.05. The van der Waals surface area contributed by atoms with E-state index in [1.54, 1.807) is 6.92 Å². The van der Waals surface area contributed by atoms with Gasteiger partial charge in [0, 0.05) is 5.69 Å². The van der Waals surface area contributed by atoms with E-state index in [4.69, 9.17) is 5.11 Å². The molecule has 0 heterocycles. The minimum absolute atomic E-state index is 0.0322. The van der Waals surface area contributed by atoms with Crippen LogP contribution in [0.1, 0.15) is 36.5 Å². The molecule has 1 aliphatic rings. The summed E-state index contributed by atoms with van der Waals surface area (Å²) in [5, 5.41) is 12.0. The summed E-state index contributed by atoms with van der Waals surface area (Å²) < 4.78 is 0. The maximum atomic E-state index is 12.8. The molecule has 0 aromatic heterocycles. The van der Waals surface area contributed by atoms with Crippen LogP contribution in [0, 0.1) is 12.8 Å². The summed E-state index contributed by atoms with van der Waals surface area (Å²) in [6.07, 6.45) is 2.23. The van der Waals surface area contributed by atoms with Crippen molar-refractivity contribution in [2.24, 2.45) is 5.92 Å². The van der Waals surface area contributed by atoms with Crippen molar-refractivity contribution in [3.8, 4) is 0 Å². The Balaban J connectivity index is 1.68. The van der Waals surface area contributed by atoms with Crippen molar-refractivity contribution in [2.75, 3.05) is 5.32 Å². The highest BCUT2D eigenvalue weighted by Crippen LogP contribution is 2.49. The fourth-order valence-electron chi connectivity index (χ4n) is 3.13. The van der Waals surface area contributed by atoms with Crippen LogP contribution in [-0.4, -0.2) is 17.0 Å². The lowest BCUT2D eigenvalue weighted by Crippen LogP contribution is -2.27. The van der Waals surface area contributed by atoms with Crippen LogP contribution in [0.25, 0.3) is 0 Å². The Morgan fingerprint density at radius 2 is 1.84 bits per heavy atom. The van der Waals surface area contributed by atoms with E-state index in [2.05, 4.69) is 11.4 Å². The lowest BCUT2D eigenvalue weighted by Gasteiger charge is -2.16. The van der Waals surface area contributed by atoms with Crippen LogP contribution in [-0.2, 0) is 21.4 Å². The third-order valence-electron chi connectivity index (χ3n) is 4.93. The molecule has 1 fully saturated rings. The second-order valence-electron chi connectivity index (χ2n) is 7.05. The first-order valence-corrected chi connectivity index (χ1v) is 8.61. The molecular formula is C21H23NO3. The highest BCUT2D eigenvalue weighted by Gasteiger charge is 2.51. The topological polar surface area (TPSA) is 66.4 Å². The van der Waals surface area contributed by atoms with Gasteiger partial charge in [-0.3, -0.25) is 9.59 Å². The number of carbonyl (C=O) groups is 2. The van der Waals surface area contributed by atoms with Crippen LogP contribution in [0.3, 0.4) is 0 Å². The molecule has 0 aliphatic heterocycles. The zero-order valence-electron chi connectivity index (χ0n) is 14.6. The van der Waals surface area contributed by atoms with Gasteiger partial charge in [0.15, 0.2) is 0 Å². The van der Waals surface area contributed by atoms with E-state index in [1.165, 1.54) is 0 Å². The van der Waals surface area contributed by atoms with Gasteiger partial charge in [0.05, 0.1) is 11.3 Å². The van der Waals surface area contributed by atoms with Gasteiger partial charge < -0.3 is 10.4 Å². The van der Waals surface area contributed by atoms with Gasteiger partial charge in [-0.15, -0.1) is 0 Å². The Bertz CT molecular complexity index is 791. The van der Waals surface area contributed by atoms with Crippen molar-refractivity contribution < 1.29 is 14.7 Å². The van der Waals surface area contributed by atoms with Crippen LogP contribution >= 0.6 is 0 Å². The van der Waals surface area contributed by atoms with Gasteiger partial charge in [-0.05, 0) is 49.4 Å². The highest BCUT2D eigenvalue weighted by molar-refractivity contribution is 6.01. The van der Waals surface area contributed by atoms with Gasteiger partial charge >= 0.3 is 5.97 Å². The van der Waals surface area contributed by atoms with Crippen molar-refractivity contribution in [2.45, 2.75) is 38.5 Å². The number of amides is 1. The fourth-order valence-corrected chi connectivity index (χ4v) is 3.13. The maximum Gasteiger partial charge on any atom is 0.306 e. The highest BCUT2D eigenvalue weighted by atomic mass is 16.4. The third kappa shape index (κ3) is 3.73. The molecule has 2 aromatic carbocycles. The standard InChI is InChI=1S/C21H23NO3/c1-14-4-3-5-17(12-14)21(10-11-21)20(25)22-18-8-6-16(7-9-18)13-15(2)19(23)24/h3-9,12,15H,10-11,13H2,1-2H3,(H,22,25)(H,23,24). The molecule has 130 valence electrons. The fraction of sp³-hybridized carbons (Fsp3) is 0.333. The Morgan fingerprint density at radius 1 is 1.16 bits per heavy atom. The Morgan fingerprint density at radius 3 is 2.40 bits per heavy atom. The van der Waals surface area contributed by atoms with Crippen LogP contribution in [0.5, 0.6) is 0 Å². The summed E-state index contributed by atoms with van der Waals surface area (Å²) in [5.41, 5.74) is 3.54. The van der Waals surface area contributed by atoms with Crippen LogP contribution in [0.15, 0.2) is 48.5 Å². The zero-order chi connectivity index (χ0) is 18.0. The number of aliphatic carboxylic acids is 1. The van der Waals surface area contributed by atoms with Crippen molar-refractivity contribution >= 4 is 17.6 Å². The second kappa shape index (κ2) is 6.71. The van der Waals surface area contributed by atoms with E-state index in [0.717, 1.165) is 35.2 Å². The first-order chi connectivity index (χ1) is 11.9. The van der Waals surface area contributed by atoms with Gasteiger partial charge in [0.2, 0.25) is 5.91 Å². The quantitative estimate of drug-likeness (QED) is 0.839. The molecule has 4 nitrogen and oxygen atoms in total. The average molecular weight is 337 g/mol. The molecule has 0 spiro atoms. The lowest BCUT2D eigenvalue weighted by molar-refractivity contribution is -0.141.